The van der Waals surface area contributed by atoms with Crippen LogP contribution in [0.5, 0.6) is 0 Å². The molecule has 0 aliphatic carbocycles. The van der Waals surface area contributed by atoms with E-state index >= 15 is 0 Å². The number of hydrogen-bond acceptors (Lipinski definition) is 8. The summed E-state index contributed by atoms with van der Waals surface area (Å²) in [5, 5.41) is 10.1. The summed E-state index contributed by atoms with van der Waals surface area (Å²) in [6, 6.07) is 197. The molecule has 0 unspecified atom stereocenters. The SMILES string of the molecule is CN(c1ccc(-c2ccccc2)cc1)c1ccc(N(c2ccccc2)c2ccccc2)cc1.CN(c1ccc(N(c2ccccc2)c2ccccc2)cc1)c1c2ccccc2cc2ccccc12.CN(c1ccc(N(c2ccccc2)c2ccccc2)cc1)c1ccc2cc3ccccc3cc2c1.CN(c1ccc(N(c2ccccc2)c2ccccc2)cc1)c1cccc(-c2ccccc2)c1. The molecule has 0 spiro atoms. The van der Waals surface area contributed by atoms with Gasteiger partial charge in [-0.1, -0.05) is 309 Å². The van der Waals surface area contributed by atoms with E-state index in [1.165, 1.54) is 76.7 Å². The molecular weight excluding hydrogens is 1650 g/mol. The number of nitrogens with zero attached hydrogens (tertiary/aromatic N) is 8. The lowest BCUT2D eigenvalue weighted by Gasteiger charge is -2.27. The van der Waals surface area contributed by atoms with E-state index in [1.807, 2.05) is 30.3 Å². The summed E-state index contributed by atoms with van der Waals surface area (Å²) in [6.45, 7) is 0. The Labute approximate surface area is 799 Å². The van der Waals surface area contributed by atoms with E-state index in [2.05, 4.69) is 595 Å². The predicted molar refractivity (Wildman–Crippen MR) is 583 cm³/mol. The van der Waals surface area contributed by atoms with Crippen molar-refractivity contribution in [3.8, 4) is 22.3 Å². The molecule has 0 aliphatic rings. The number of fused-ring (bicyclic) bond motifs is 4. The average molecular weight is 1750 g/mol. The van der Waals surface area contributed by atoms with Crippen LogP contribution in [0.25, 0.3) is 65.3 Å². The van der Waals surface area contributed by atoms with Gasteiger partial charge < -0.3 is 39.2 Å². The van der Waals surface area contributed by atoms with Gasteiger partial charge in [0.05, 0.1) is 5.69 Å². The minimum atomic E-state index is 1.13. The van der Waals surface area contributed by atoms with Gasteiger partial charge >= 0.3 is 0 Å². The second-order valence-electron chi connectivity index (χ2n) is 33.6. The zero-order valence-electron chi connectivity index (χ0n) is 76.7. The summed E-state index contributed by atoms with van der Waals surface area (Å²) in [7, 11) is 8.52. The Balaban J connectivity index is 0.000000116. The molecule has 22 rings (SSSR count). The van der Waals surface area contributed by atoms with E-state index in [9.17, 15) is 0 Å². The topological polar surface area (TPSA) is 25.9 Å². The number of benzene rings is 22. The van der Waals surface area contributed by atoms with Gasteiger partial charge in [0.2, 0.25) is 0 Å². The van der Waals surface area contributed by atoms with Crippen LogP contribution in [0, 0.1) is 0 Å². The van der Waals surface area contributed by atoms with Crippen LogP contribution >= 0.6 is 0 Å². The third-order valence-electron chi connectivity index (χ3n) is 25.0. The van der Waals surface area contributed by atoms with Crippen molar-refractivity contribution < 1.29 is 0 Å². The van der Waals surface area contributed by atoms with Crippen molar-refractivity contribution in [2.24, 2.45) is 0 Å². The highest BCUT2D eigenvalue weighted by molar-refractivity contribution is 6.12. The standard InChI is InChI=1S/2C33H26N2.2C31H26N2/c1-34(33-31-18-10-8-12-25(31)24-26-13-9-11-19-32(26)33)27-20-22-30(23-21-27)35(28-14-4-2-5-15-28)29-16-6-3-7-17-29;1-34(33-17-16-27-22-25-10-8-9-11-26(25)23-28(27)24-33)29-18-20-32(21-19-29)35(30-12-4-2-5-13-30)31-14-6-3-7-15-31;1-32(31-19-11-14-26(24-31)25-12-5-2-6-13-25)27-20-22-30(23-21-27)33(28-15-7-3-8-16-28)29-17-9-4-10-18-29;1-32(27-19-17-26(18-20-27)25-11-5-2-6-12-25)28-21-23-31(24-22-28)33(29-13-7-3-8-14-29)30-15-9-4-10-16-30/h2*2-24H,1H3;2*2-24H,1H3. The summed E-state index contributed by atoms with van der Waals surface area (Å²) >= 11 is 0. The van der Waals surface area contributed by atoms with Crippen molar-refractivity contribution in [1.82, 2.24) is 0 Å². The van der Waals surface area contributed by atoms with E-state index in [0.717, 1.165) is 102 Å². The Hall–Kier alpha value is -17.7. The Kier molecular flexibility index (Phi) is 27.1. The fourth-order valence-electron chi connectivity index (χ4n) is 17.8. The number of hydrogen-bond donors (Lipinski definition) is 0. The van der Waals surface area contributed by atoms with E-state index in [0.29, 0.717) is 0 Å². The van der Waals surface area contributed by atoms with Gasteiger partial charge in [-0.25, -0.2) is 0 Å². The van der Waals surface area contributed by atoms with Crippen LogP contribution in [-0.2, 0) is 0 Å². The molecule has 136 heavy (non-hydrogen) atoms. The van der Waals surface area contributed by atoms with Crippen molar-refractivity contribution >= 4 is 157 Å². The lowest BCUT2D eigenvalue weighted by Crippen LogP contribution is -2.12. The summed E-state index contributed by atoms with van der Waals surface area (Å²) in [5.74, 6) is 0. The normalized spacial score (nSPS) is 10.8. The first kappa shape index (κ1) is 87.6. The number of rotatable bonds is 22. The molecule has 0 N–H and O–H groups in total. The molecule has 8 nitrogen and oxygen atoms in total. The van der Waals surface area contributed by atoms with E-state index in [4.69, 9.17) is 0 Å². The molecule has 0 heterocycles. The lowest BCUT2D eigenvalue weighted by molar-refractivity contribution is 1.20. The van der Waals surface area contributed by atoms with Gasteiger partial charge in [0, 0.05) is 147 Å². The summed E-state index contributed by atoms with van der Waals surface area (Å²) in [6.07, 6.45) is 0. The molecule has 0 atom stereocenters. The molecule has 0 aromatic heterocycles. The van der Waals surface area contributed by atoms with Gasteiger partial charge in [0.15, 0.2) is 0 Å². The van der Waals surface area contributed by atoms with Crippen LogP contribution in [0.4, 0.5) is 114 Å². The maximum Gasteiger partial charge on any atom is 0.0567 e. The maximum absolute atomic E-state index is 2.31. The summed E-state index contributed by atoms with van der Waals surface area (Å²) < 4.78 is 0. The molecule has 0 amide bonds. The van der Waals surface area contributed by atoms with Gasteiger partial charge in [0.1, 0.15) is 0 Å². The second kappa shape index (κ2) is 42.0. The molecule has 22 aromatic rings. The first-order valence-electron chi connectivity index (χ1n) is 46.2. The zero-order chi connectivity index (χ0) is 92.1. The highest BCUT2D eigenvalue weighted by Gasteiger charge is 2.21. The van der Waals surface area contributed by atoms with Crippen molar-refractivity contribution in [2.75, 3.05) is 67.4 Å². The molecule has 0 aliphatic heterocycles. The molecule has 0 saturated heterocycles. The van der Waals surface area contributed by atoms with Crippen molar-refractivity contribution in [3.63, 3.8) is 0 Å². The number of anilines is 20. The second-order valence-corrected chi connectivity index (χ2v) is 33.6. The van der Waals surface area contributed by atoms with E-state index in [1.54, 1.807) is 0 Å². The smallest absolute Gasteiger partial charge is 0.0567 e. The molecular formula is C128H104N8. The Morgan fingerprint density at radius 1 is 0.110 bits per heavy atom. The third kappa shape index (κ3) is 20.2. The van der Waals surface area contributed by atoms with Crippen LogP contribution in [0.3, 0.4) is 0 Å². The van der Waals surface area contributed by atoms with Crippen molar-refractivity contribution in [3.05, 3.63) is 558 Å². The molecule has 656 valence electrons. The highest BCUT2D eigenvalue weighted by Crippen LogP contribution is 2.45. The Morgan fingerprint density at radius 3 is 0.625 bits per heavy atom. The Bertz CT molecular complexity index is 7380. The zero-order valence-corrected chi connectivity index (χ0v) is 76.7. The first-order chi connectivity index (χ1) is 67.1. The van der Waals surface area contributed by atoms with Crippen LogP contribution in [0.15, 0.2) is 558 Å². The van der Waals surface area contributed by atoms with Crippen LogP contribution < -0.4 is 39.2 Å². The molecule has 0 saturated carbocycles. The highest BCUT2D eigenvalue weighted by atomic mass is 15.2. The van der Waals surface area contributed by atoms with Crippen LogP contribution in [0.2, 0.25) is 0 Å². The summed E-state index contributed by atoms with van der Waals surface area (Å²) in [4.78, 5) is 18.1. The van der Waals surface area contributed by atoms with Gasteiger partial charge in [-0.15, -0.1) is 0 Å². The fraction of sp³-hybridized carbons (Fsp3) is 0.0312. The Morgan fingerprint density at radius 2 is 0.301 bits per heavy atom. The minimum Gasteiger partial charge on any atom is -0.345 e. The molecule has 8 heteroatoms. The van der Waals surface area contributed by atoms with Gasteiger partial charge in [0.25, 0.3) is 0 Å². The molecule has 22 aromatic carbocycles. The van der Waals surface area contributed by atoms with Gasteiger partial charge in [-0.05, 0) is 303 Å². The lowest BCUT2D eigenvalue weighted by atomic mass is 10.00. The number of para-hydroxylation sites is 8. The molecule has 0 fully saturated rings. The summed E-state index contributed by atoms with van der Waals surface area (Å²) in [5.41, 5.74) is 27.8. The first-order valence-corrected chi connectivity index (χ1v) is 46.2. The molecule has 0 bridgehead atoms. The fourth-order valence-corrected chi connectivity index (χ4v) is 17.8. The molecule has 0 radical (unpaired) electrons. The van der Waals surface area contributed by atoms with Crippen molar-refractivity contribution in [2.45, 2.75) is 0 Å². The minimum absolute atomic E-state index is 1.13. The van der Waals surface area contributed by atoms with Crippen molar-refractivity contribution in [1.29, 1.82) is 0 Å². The quantitative estimate of drug-likeness (QED) is 0.0620. The third-order valence-corrected chi connectivity index (χ3v) is 25.0. The average Bonchev–Trinajstić information content (AvgIpc) is 1.53. The van der Waals surface area contributed by atoms with Crippen LogP contribution in [-0.4, -0.2) is 28.2 Å². The van der Waals surface area contributed by atoms with Gasteiger partial charge in [-0.2, -0.15) is 0 Å². The van der Waals surface area contributed by atoms with E-state index in [-0.39, 0.29) is 0 Å². The van der Waals surface area contributed by atoms with Crippen LogP contribution in [0.1, 0.15) is 0 Å². The monoisotopic (exact) mass is 1750 g/mol. The largest absolute Gasteiger partial charge is 0.345 e. The van der Waals surface area contributed by atoms with Gasteiger partial charge in [-0.3, -0.25) is 0 Å². The predicted octanol–water partition coefficient (Wildman–Crippen LogP) is 35.6. The van der Waals surface area contributed by atoms with E-state index < -0.39 is 0 Å². The maximum atomic E-state index is 2.31.